The normalized spacial score (nSPS) is 25.2. The highest BCUT2D eigenvalue weighted by molar-refractivity contribution is 5.66. The van der Waals surface area contributed by atoms with Gasteiger partial charge in [0.25, 0.3) is 0 Å². The molecule has 0 amide bonds. The molecule has 0 N–H and O–H groups in total. The number of carbonyl (C=O) groups excluding carboxylic acids is 2. The van der Waals surface area contributed by atoms with Crippen molar-refractivity contribution in [2.24, 2.45) is 0 Å². The van der Waals surface area contributed by atoms with Crippen LogP contribution < -0.4 is 0 Å². The van der Waals surface area contributed by atoms with Crippen molar-refractivity contribution in [2.75, 3.05) is 26.9 Å². The highest BCUT2D eigenvalue weighted by atomic mass is 16.7. The molecule has 7 nitrogen and oxygen atoms in total. The second-order valence-electron chi connectivity index (χ2n) is 4.17. The van der Waals surface area contributed by atoms with Gasteiger partial charge in [-0.05, 0) is 12.2 Å². The molecule has 20 heavy (non-hydrogen) atoms. The highest BCUT2D eigenvalue weighted by Gasteiger charge is 2.30. The Morgan fingerprint density at radius 2 is 1.90 bits per heavy atom. The first-order valence-corrected chi connectivity index (χ1v) is 6.28. The second-order valence-corrected chi connectivity index (χ2v) is 4.17. The van der Waals surface area contributed by atoms with E-state index >= 15 is 0 Å². The van der Waals surface area contributed by atoms with Crippen molar-refractivity contribution in [1.82, 2.24) is 0 Å². The van der Waals surface area contributed by atoms with Gasteiger partial charge in [-0.3, -0.25) is 9.59 Å². The van der Waals surface area contributed by atoms with E-state index in [1.54, 1.807) is 19.3 Å². The van der Waals surface area contributed by atoms with Crippen molar-refractivity contribution in [3.05, 3.63) is 12.2 Å². The fraction of sp³-hybridized carbons (Fsp3) is 0.692. The Hall–Kier alpha value is -1.44. The smallest absolute Gasteiger partial charge is 0.303 e. The van der Waals surface area contributed by atoms with Gasteiger partial charge in [-0.25, -0.2) is 0 Å². The maximum atomic E-state index is 11.0. The summed E-state index contributed by atoms with van der Waals surface area (Å²) >= 11 is 0. The second kappa shape index (κ2) is 8.68. The number of hydrogen-bond donors (Lipinski definition) is 0. The molecule has 1 rings (SSSR count). The lowest BCUT2D eigenvalue weighted by Crippen LogP contribution is -2.42. The summed E-state index contributed by atoms with van der Waals surface area (Å²) < 4.78 is 25.8. The molecule has 0 fully saturated rings. The maximum absolute atomic E-state index is 11.0. The van der Waals surface area contributed by atoms with E-state index in [0.717, 1.165) is 0 Å². The Balaban J connectivity index is 2.56. The zero-order chi connectivity index (χ0) is 15.0. The van der Waals surface area contributed by atoms with Gasteiger partial charge >= 0.3 is 11.9 Å². The minimum absolute atomic E-state index is 0.0121. The average Bonchev–Trinajstić information content (AvgIpc) is 2.38. The quantitative estimate of drug-likeness (QED) is 0.381. The molecule has 0 radical (unpaired) electrons. The van der Waals surface area contributed by atoms with Crippen molar-refractivity contribution in [1.29, 1.82) is 0 Å². The van der Waals surface area contributed by atoms with Gasteiger partial charge in [0.2, 0.25) is 0 Å². The summed E-state index contributed by atoms with van der Waals surface area (Å²) in [6, 6.07) is 0. The van der Waals surface area contributed by atoms with Crippen LogP contribution in [0.1, 0.15) is 13.8 Å². The van der Waals surface area contributed by atoms with Gasteiger partial charge in [-0.15, -0.1) is 0 Å². The Kier molecular flexibility index (Phi) is 7.21. The Bertz CT molecular complexity index is 353. The van der Waals surface area contributed by atoms with Crippen LogP contribution in [-0.4, -0.2) is 57.4 Å². The molecule has 0 saturated carbocycles. The standard InChI is InChI=1S/C13H20O7/c1-9(14)18-8-12-11(19-10(2)15)4-5-13(20-12)17-7-6-16-3/h4-5,11-13H,6-8H2,1-3H3. The van der Waals surface area contributed by atoms with Crippen molar-refractivity contribution < 1.29 is 33.3 Å². The van der Waals surface area contributed by atoms with Gasteiger partial charge in [-0.2, -0.15) is 0 Å². The third-order valence-corrected chi connectivity index (χ3v) is 2.46. The molecule has 0 aromatic carbocycles. The Morgan fingerprint density at radius 3 is 2.50 bits per heavy atom. The van der Waals surface area contributed by atoms with E-state index in [4.69, 9.17) is 23.7 Å². The van der Waals surface area contributed by atoms with E-state index in [1.165, 1.54) is 13.8 Å². The van der Waals surface area contributed by atoms with Crippen molar-refractivity contribution in [3.8, 4) is 0 Å². The highest BCUT2D eigenvalue weighted by Crippen LogP contribution is 2.17. The van der Waals surface area contributed by atoms with Crippen LogP contribution in [0.15, 0.2) is 12.2 Å². The molecule has 0 spiro atoms. The van der Waals surface area contributed by atoms with E-state index in [0.29, 0.717) is 13.2 Å². The van der Waals surface area contributed by atoms with Crippen LogP contribution in [0.2, 0.25) is 0 Å². The van der Waals surface area contributed by atoms with Gasteiger partial charge in [0.15, 0.2) is 6.29 Å². The van der Waals surface area contributed by atoms with Crippen LogP contribution in [0.4, 0.5) is 0 Å². The monoisotopic (exact) mass is 288 g/mol. The van der Waals surface area contributed by atoms with Gasteiger partial charge in [0.05, 0.1) is 13.2 Å². The summed E-state index contributed by atoms with van der Waals surface area (Å²) in [7, 11) is 1.57. The van der Waals surface area contributed by atoms with Crippen LogP contribution in [0, 0.1) is 0 Å². The minimum Gasteiger partial charge on any atom is -0.463 e. The van der Waals surface area contributed by atoms with Crippen LogP contribution in [0.5, 0.6) is 0 Å². The summed E-state index contributed by atoms with van der Waals surface area (Å²) in [5.41, 5.74) is 0. The Morgan fingerprint density at radius 1 is 1.15 bits per heavy atom. The van der Waals surface area contributed by atoms with E-state index in [-0.39, 0.29) is 6.61 Å². The van der Waals surface area contributed by atoms with Gasteiger partial charge in [0.1, 0.15) is 18.8 Å². The molecular formula is C13H20O7. The van der Waals surface area contributed by atoms with Crippen molar-refractivity contribution >= 4 is 11.9 Å². The average molecular weight is 288 g/mol. The van der Waals surface area contributed by atoms with Crippen LogP contribution in [0.3, 0.4) is 0 Å². The molecular weight excluding hydrogens is 268 g/mol. The molecule has 114 valence electrons. The lowest BCUT2D eigenvalue weighted by molar-refractivity contribution is -0.199. The molecule has 1 aliphatic heterocycles. The van der Waals surface area contributed by atoms with E-state index in [2.05, 4.69) is 0 Å². The minimum atomic E-state index is -0.603. The molecule has 0 aliphatic carbocycles. The molecule has 3 atom stereocenters. The molecule has 0 bridgehead atoms. The van der Waals surface area contributed by atoms with Crippen LogP contribution in [0.25, 0.3) is 0 Å². The lowest BCUT2D eigenvalue weighted by atomic mass is 10.1. The third-order valence-electron chi connectivity index (χ3n) is 2.46. The molecule has 0 aromatic rings. The van der Waals surface area contributed by atoms with E-state index in [9.17, 15) is 9.59 Å². The molecule has 1 aliphatic rings. The fourth-order valence-corrected chi connectivity index (χ4v) is 1.60. The number of hydrogen-bond acceptors (Lipinski definition) is 7. The summed E-state index contributed by atoms with van der Waals surface area (Å²) in [6.45, 7) is 3.39. The Labute approximate surface area is 117 Å². The first kappa shape index (κ1) is 16.6. The van der Waals surface area contributed by atoms with Gasteiger partial charge in [-0.1, -0.05) is 0 Å². The van der Waals surface area contributed by atoms with Gasteiger partial charge < -0.3 is 23.7 Å². The number of esters is 2. The maximum Gasteiger partial charge on any atom is 0.303 e. The summed E-state index contributed by atoms with van der Waals surface area (Å²) in [6.07, 6.45) is 1.52. The first-order chi connectivity index (χ1) is 9.52. The largest absolute Gasteiger partial charge is 0.463 e. The number of rotatable bonds is 7. The SMILES string of the molecule is COCCOC1C=CC(OC(C)=O)C(COC(C)=O)O1. The third kappa shape index (κ3) is 6.14. The topological polar surface area (TPSA) is 80.3 Å². The number of carbonyl (C=O) groups is 2. The first-order valence-electron chi connectivity index (χ1n) is 6.28. The van der Waals surface area contributed by atoms with Crippen molar-refractivity contribution in [3.63, 3.8) is 0 Å². The zero-order valence-electron chi connectivity index (χ0n) is 11.9. The van der Waals surface area contributed by atoms with Crippen LogP contribution >= 0.6 is 0 Å². The van der Waals surface area contributed by atoms with E-state index < -0.39 is 30.4 Å². The number of methoxy groups -OCH3 is 1. The molecule has 1 heterocycles. The molecule has 7 heteroatoms. The summed E-state index contributed by atoms with van der Waals surface area (Å²) in [5, 5.41) is 0. The summed E-state index contributed by atoms with van der Waals surface area (Å²) in [4.78, 5) is 21.9. The fourth-order valence-electron chi connectivity index (χ4n) is 1.60. The summed E-state index contributed by atoms with van der Waals surface area (Å²) in [5.74, 6) is -0.864. The lowest BCUT2D eigenvalue weighted by Gasteiger charge is -2.31. The molecule has 0 aromatic heterocycles. The zero-order valence-corrected chi connectivity index (χ0v) is 11.9. The van der Waals surface area contributed by atoms with Crippen molar-refractivity contribution in [2.45, 2.75) is 32.3 Å². The number of ether oxygens (including phenoxy) is 5. The predicted molar refractivity (Wildman–Crippen MR) is 67.8 cm³/mol. The molecule has 0 saturated heterocycles. The predicted octanol–water partition coefficient (Wildman–Crippen LogP) is 0.425. The van der Waals surface area contributed by atoms with Gasteiger partial charge in [0, 0.05) is 21.0 Å². The molecule has 3 unspecified atom stereocenters. The van der Waals surface area contributed by atoms with Crippen LogP contribution in [-0.2, 0) is 33.3 Å². The van der Waals surface area contributed by atoms with E-state index in [1.807, 2.05) is 0 Å².